The number of rotatable bonds is 3. The smallest absolute Gasteiger partial charge is 0.280 e. The van der Waals surface area contributed by atoms with Crippen molar-refractivity contribution in [3.05, 3.63) is 22.9 Å². The second-order valence-electron chi connectivity index (χ2n) is 2.84. The molecule has 6 heteroatoms. The molecule has 0 atom stereocenters. The first kappa shape index (κ1) is 11.9. The average molecular weight is 276 g/mol. The molecule has 1 rings (SSSR count). The molecular formula is C9H8BrF2N3. The van der Waals surface area contributed by atoms with E-state index in [0.717, 1.165) is 0 Å². The van der Waals surface area contributed by atoms with Gasteiger partial charge in [-0.15, -0.1) is 0 Å². The van der Waals surface area contributed by atoms with E-state index >= 15 is 0 Å². The Balaban J connectivity index is 3.26. The third-order valence-electron chi connectivity index (χ3n) is 1.90. The minimum absolute atomic E-state index is 0.0490. The summed E-state index contributed by atoms with van der Waals surface area (Å²) >= 11 is 3.17. The molecule has 0 saturated heterocycles. The van der Waals surface area contributed by atoms with E-state index in [9.17, 15) is 8.78 Å². The second-order valence-corrected chi connectivity index (χ2v) is 3.40. The van der Waals surface area contributed by atoms with Crippen LogP contribution in [0.1, 0.15) is 23.2 Å². The normalized spacial score (nSPS) is 10.3. The Morgan fingerprint density at radius 3 is 2.73 bits per heavy atom. The fourth-order valence-corrected chi connectivity index (χ4v) is 1.83. The predicted molar refractivity (Wildman–Crippen MR) is 55.6 cm³/mol. The molecule has 0 aliphatic rings. The van der Waals surface area contributed by atoms with E-state index in [0.29, 0.717) is 16.5 Å². The van der Waals surface area contributed by atoms with Crippen LogP contribution in [-0.2, 0) is 11.8 Å². The van der Waals surface area contributed by atoms with Gasteiger partial charge in [-0.3, -0.25) is 0 Å². The van der Waals surface area contributed by atoms with Crippen molar-refractivity contribution in [2.75, 3.05) is 5.73 Å². The molecule has 0 aliphatic heterocycles. The lowest BCUT2D eigenvalue weighted by Gasteiger charge is -2.09. The van der Waals surface area contributed by atoms with Crippen LogP contribution in [0, 0.1) is 11.3 Å². The van der Waals surface area contributed by atoms with Crippen LogP contribution in [0.2, 0.25) is 0 Å². The molecule has 1 aromatic heterocycles. The van der Waals surface area contributed by atoms with E-state index in [4.69, 9.17) is 11.0 Å². The fourth-order valence-electron chi connectivity index (χ4n) is 1.18. The van der Waals surface area contributed by atoms with Crippen molar-refractivity contribution in [2.45, 2.75) is 18.2 Å². The summed E-state index contributed by atoms with van der Waals surface area (Å²) in [4.78, 5) is 3.57. The van der Waals surface area contributed by atoms with Gasteiger partial charge in [-0.1, -0.05) is 15.9 Å². The van der Waals surface area contributed by atoms with Crippen LogP contribution in [0.5, 0.6) is 0 Å². The number of hydrogen-bond acceptors (Lipinski definition) is 3. The molecule has 0 unspecified atom stereocenters. The van der Waals surface area contributed by atoms with Gasteiger partial charge in [-0.05, 0) is 11.6 Å². The number of nitrogens with zero attached hydrogens (tertiary/aromatic N) is 2. The average Bonchev–Trinajstić information content (AvgIpc) is 2.17. The largest absolute Gasteiger partial charge is 0.383 e. The number of alkyl halides is 3. The molecule has 0 saturated carbocycles. The van der Waals surface area contributed by atoms with Crippen molar-refractivity contribution in [2.24, 2.45) is 0 Å². The monoisotopic (exact) mass is 275 g/mol. The molecule has 15 heavy (non-hydrogen) atoms. The van der Waals surface area contributed by atoms with Crippen molar-refractivity contribution in [1.82, 2.24) is 4.98 Å². The van der Waals surface area contributed by atoms with Crippen LogP contribution in [0.25, 0.3) is 0 Å². The number of nitrogens with two attached hydrogens (primary N) is 1. The summed E-state index contributed by atoms with van der Waals surface area (Å²) in [5.41, 5.74) is 6.23. The lowest BCUT2D eigenvalue weighted by Crippen LogP contribution is -2.04. The molecule has 1 aromatic rings. The number of nitrogen functional groups attached to an aromatic ring is 1. The Kier molecular flexibility index (Phi) is 3.97. The van der Waals surface area contributed by atoms with E-state index in [1.165, 1.54) is 6.07 Å². The van der Waals surface area contributed by atoms with Gasteiger partial charge in [0.05, 0.1) is 12.5 Å². The maximum atomic E-state index is 12.4. The topological polar surface area (TPSA) is 62.7 Å². The predicted octanol–water partition coefficient (Wildman–Crippen LogP) is 2.56. The Morgan fingerprint density at radius 1 is 1.60 bits per heavy atom. The van der Waals surface area contributed by atoms with E-state index in [1.807, 2.05) is 6.07 Å². The zero-order valence-electron chi connectivity index (χ0n) is 7.67. The van der Waals surface area contributed by atoms with Gasteiger partial charge in [-0.2, -0.15) is 5.26 Å². The molecule has 0 aromatic carbocycles. The number of hydrogen-bond donors (Lipinski definition) is 1. The third-order valence-corrected chi connectivity index (χ3v) is 2.46. The first-order valence-electron chi connectivity index (χ1n) is 4.09. The highest BCUT2D eigenvalue weighted by atomic mass is 79.9. The van der Waals surface area contributed by atoms with Gasteiger partial charge in [0.25, 0.3) is 6.43 Å². The van der Waals surface area contributed by atoms with Crippen molar-refractivity contribution in [3.8, 4) is 6.07 Å². The summed E-state index contributed by atoms with van der Waals surface area (Å²) < 4.78 is 24.8. The van der Waals surface area contributed by atoms with Crippen molar-refractivity contribution < 1.29 is 8.78 Å². The van der Waals surface area contributed by atoms with Gasteiger partial charge in [0.1, 0.15) is 11.5 Å². The van der Waals surface area contributed by atoms with E-state index < -0.39 is 6.43 Å². The molecule has 0 amide bonds. The number of halogens is 3. The molecule has 1 heterocycles. The zero-order chi connectivity index (χ0) is 11.4. The zero-order valence-corrected chi connectivity index (χ0v) is 9.26. The minimum atomic E-state index is -2.67. The number of nitriles is 1. The van der Waals surface area contributed by atoms with Crippen LogP contribution in [0.3, 0.4) is 0 Å². The first-order valence-corrected chi connectivity index (χ1v) is 5.21. The molecule has 0 aliphatic carbocycles. The highest BCUT2D eigenvalue weighted by molar-refractivity contribution is 9.08. The lowest BCUT2D eigenvalue weighted by molar-refractivity contribution is 0.146. The summed E-state index contributed by atoms with van der Waals surface area (Å²) in [5.74, 6) is 0.0509. The summed E-state index contributed by atoms with van der Waals surface area (Å²) in [6, 6.07) is 3.13. The second kappa shape index (κ2) is 5.03. The molecule has 2 N–H and O–H groups in total. The lowest BCUT2D eigenvalue weighted by atomic mass is 10.1. The maximum Gasteiger partial charge on any atom is 0.280 e. The van der Waals surface area contributed by atoms with E-state index in [2.05, 4.69) is 20.9 Å². The standard InChI is InChI=1S/C9H8BrF2N3/c10-4-6-5(1-2-13)3-7(8(11)12)15-9(6)14/h3,8H,1,4H2,(H2,14,15). The molecular weight excluding hydrogens is 268 g/mol. The van der Waals surface area contributed by atoms with Crippen molar-refractivity contribution in [1.29, 1.82) is 5.26 Å². The molecule has 0 fully saturated rings. The van der Waals surface area contributed by atoms with Crippen molar-refractivity contribution in [3.63, 3.8) is 0 Å². The molecule has 0 bridgehead atoms. The highest BCUT2D eigenvalue weighted by Crippen LogP contribution is 2.25. The third kappa shape index (κ3) is 2.63. The Morgan fingerprint density at radius 2 is 2.27 bits per heavy atom. The van der Waals surface area contributed by atoms with E-state index in [1.54, 1.807) is 0 Å². The summed E-state index contributed by atoms with van der Waals surface area (Å²) in [5, 5.41) is 8.94. The highest BCUT2D eigenvalue weighted by Gasteiger charge is 2.15. The Hall–Kier alpha value is -1.22. The van der Waals surface area contributed by atoms with Gasteiger partial charge >= 0.3 is 0 Å². The summed E-state index contributed by atoms with van der Waals surface area (Å²) in [7, 11) is 0. The van der Waals surface area contributed by atoms with Crippen LogP contribution in [0.15, 0.2) is 6.07 Å². The molecule has 3 nitrogen and oxygen atoms in total. The van der Waals surface area contributed by atoms with Gasteiger partial charge < -0.3 is 5.73 Å². The van der Waals surface area contributed by atoms with Gasteiger partial charge in [0.15, 0.2) is 0 Å². The Labute approximate surface area is 94.0 Å². The van der Waals surface area contributed by atoms with Gasteiger partial charge in [0, 0.05) is 10.9 Å². The molecule has 0 spiro atoms. The summed E-state index contributed by atoms with van der Waals surface area (Å²) in [6.07, 6.45) is -2.62. The Bertz CT molecular complexity index is 401. The summed E-state index contributed by atoms with van der Waals surface area (Å²) in [6.45, 7) is 0. The van der Waals surface area contributed by atoms with Crippen molar-refractivity contribution >= 4 is 21.7 Å². The SMILES string of the molecule is N#CCc1cc(C(F)F)nc(N)c1CBr. The number of aromatic nitrogens is 1. The molecule has 0 radical (unpaired) electrons. The first-order chi connectivity index (χ1) is 7.10. The molecule has 80 valence electrons. The van der Waals surface area contributed by atoms with Crippen LogP contribution in [-0.4, -0.2) is 4.98 Å². The van der Waals surface area contributed by atoms with Gasteiger partial charge in [-0.25, -0.2) is 13.8 Å². The van der Waals surface area contributed by atoms with Crippen LogP contribution >= 0.6 is 15.9 Å². The fraction of sp³-hybridized carbons (Fsp3) is 0.333. The minimum Gasteiger partial charge on any atom is -0.383 e. The van der Waals surface area contributed by atoms with Gasteiger partial charge in [0.2, 0.25) is 0 Å². The maximum absolute atomic E-state index is 12.4. The number of anilines is 1. The number of pyridine rings is 1. The van der Waals surface area contributed by atoms with E-state index in [-0.39, 0.29) is 17.9 Å². The quantitative estimate of drug-likeness (QED) is 0.863. The van der Waals surface area contributed by atoms with Crippen LogP contribution < -0.4 is 5.73 Å². The van der Waals surface area contributed by atoms with Crippen LogP contribution in [0.4, 0.5) is 14.6 Å².